The molecule has 6 N–H and O–H groups in total. The summed E-state index contributed by atoms with van der Waals surface area (Å²) >= 11 is 0. The number of carboxylic acid groups (broad SMARTS) is 2. The van der Waals surface area contributed by atoms with Gasteiger partial charge in [0.15, 0.2) is 0 Å². The van der Waals surface area contributed by atoms with Crippen LogP contribution in [-0.4, -0.2) is 64.1 Å². The lowest BCUT2D eigenvalue weighted by Crippen LogP contribution is -2.39. The molecule has 0 aliphatic carbocycles. The third-order valence-corrected chi connectivity index (χ3v) is 3.63. The summed E-state index contributed by atoms with van der Waals surface area (Å²) in [6.07, 6.45) is -0.859. The van der Waals surface area contributed by atoms with Gasteiger partial charge >= 0.3 is 11.9 Å². The van der Waals surface area contributed by atoms with Crippen molar-refractivity contribution in [2.24, 2.45) is 0 Å². The number of aliphatic hydroxyl groups excluding tert-OH is 2. The molecule has 0 saturated carbocycles. The molecule has 9 heteroatoms. The van der Waals surface area contributed by atoms with Gasteiger partial charge in [0, 0.05) is 6.54 Å². The summed E-state index contributed by atoms with van der Waals surface area (Å²) in [5, 5.41) is 38.6. The molecule has 2 aromatic rings. The summed E-state index contributed by atoms with van der Waals surface area (Å²) in [5.74, 6) is -3.82. The molecule has 0 fully saturated rings. The maximum Gasteiger partial charge on any atom is 0.414 e. The molecule has 0 spiro atoms. The number of carboxylic acids is 2. The fourth-order valence-corrected chi connectivity index (χ4v) is 2.28. The highest BCUT2D eigenvalue weighted by Crippen LogP contribution is 2.21. The van der Waals surface area contributed by atoms with E-state index in [4.69, 9.17) is 24.9 Å². The number of aliphatic hydroxyl groups is 2. The molecule has 2 rings (SSSR count). The van der Waals surface area contributed by atoms with Crippen LogP contribution in [0.2, 0.25) is 0 Å². The molecular weight excluding hydrogens is 380 g/mol. The molecule has 9 nitrogen and oxygen atoms in total. The van der Waals surface area contributed by atoms with Gasteiger partial charge in [-0.15, -0.1) is 0 Å². The molecule has 156 valence electrons. The van der Waals surface area contributed by atoms with Crippen LogP contribution < -0.4 is 10.6 Å². The Kier molecular flexibility index (Phi) is 10.7. The zero-order chi connectivity index (χ0) is 21.6. The Morgan fingerprint density at radius 1 is 0.828 bits per heavy atom. The molecule has 1 unspecified atom stereocenters. The van der Waals surface area contributed by atoms with Gasteiger partial charge in [-0.1, -0.05) is 60.7 Å². The molecule has 0 bridgehead atoms. The number of carbonyl (C=O) groups excluding carboxylic acids is 1. The third-order valence-electron chi connectivity index (χ3n) is 3.63. The van der Waals surface area contributed by atoms with Gasteiger partial charge in [-0.3, -0.25) is 4.79 Å². The third kappa shape index (κ3) is 9.47. The SMILES string of the molecule is O=C(CNCC(O)CO)NC(c1ccccc1)c1ccccc1.O=C(O)C(=O)O. The van der Waals surface area contributed by atoms with E-state index >= 15 is 0 Å². The van der Waals surface area contributed by atoms with E-state index in [1.165, 1.54) is 0 Å². The molecule has 0 aliphatic rings. The molecule has 0 heterocycles. The highest BCUT2D eigenvalue weighted by atomic mass is 16.4. The standard InChI is InChI=1S/C18H22N2O3.C2H2O4/c21-13-16(22)11-19-12-17(23)20-18(14-7-3-1-4-8-14)15-9-5-2-6-10-15;3-1(4)2(5)6/h1-10,16,18-19,21-22H,11-13H2,(H,20,23);(H,3,4)(H,5,6). The van der Waals surface area contributed by atoms with Crippen molar-refractivity contribution in [1.82, 2.24) is 10.6 Å². The van der Waals surface area contributed by atoms with Crippen LogP contribution in [0, 0.1) is 0 Å². The van der Waals surface area contributed by atoms with Gasteiger partial charge in [0.05, 0.1) is 25.3 Å². The smallest absolute Gasteiger partial charge is 0.414 e. The molecular formula is C20H24N2O7. The quantitative estimate of drug-likeness (QED) is 0.336. The Bertz CT molecular complexity index is 717. The zero-order valence-corrected chi connectivity index (χ0v) is 15.6. The summed E-state index contributed by atoms with van der Waals surface area (Å²) < 4.78 is 0. The van der Waals surface area contributed by atoms with Crippen LogP contribution in [0.5, 0.6) is 0 Å². The minimum Gasteiger partial charge on any atom is -0.473 e. The van der Waals surface area contributed by atoms with Gasteiger partial charge in [0.2, 0.25) is 5.91 Å². The van der Waals surface area contributed by atoms with E-state index in [-0.39, 0.29) is 31.6 Å². The van der Waals surface area contributed by atoms with Crippen molar-refractivity contribution < 1.29 is 34.8 Å². The predicted octanol–water partition coefficient (Wildman–Crippen LogP) is -0.00940. The van der Waals surface area contributed by atoms with Crippen LogP contribution in [0.25, 0.3) is 0 Å². The van der Waals surface area contributed by atoms with Crippen LogP contribution in [0.15, 0.2) is 60.7 Å². The van der Waals surface area contributed by atoms with Crippen molar-refractivity contribution >= 4 is 17.8 Å². The summed E-state index contributed by atoms with van der Waals surface area (Å²) in [7, 11) is 0. The van der Waals surface area contributed by atoms with Crippen LogP contribution in [0.3, 0.4) is 0 Å². The van der Waals surface area contributed by atoms with Crippen molar-refractivity contribution in [2.45, 2.75) is 12.1 Å². The van der Waals surface area contributed by atoms with Crippen LogP contribution in [0.4, 0.5) is 0 Å². The topological polar surface area (TPSA) is 156 Å². The van der Waals surface area contributed by atoms with Gasteiger partial charge < -0.3 is 31.1 Å². The number of hydrogen-bond acceptors (Lipinski definition) is 6. The number of carbonyl (C=O) groups is 3. The minimum atomic E-state index is -1.82. The average Bonchev–Trinajstić information content (AvgIpc) is 2.73. The molecule has 1 amide bonds. The molecule has 0 aliphatic heterocycles. The van der Waals surface area contributed by atoms with E-state index in [1.807, 2.05) is 60.7 Å². The summed E-state index contributed by atoms with van der Waals surface area (Å²) in [4.78, 5) is 30.4. The Hall–Kier alpha value is -3.27. The largest absolute Gasteiger partial charge is 0.473 e. The van der Waals surface area contributed by atoms with Gasteiger partial charge in [-0.2, -0.15) is 0 Å². The maximum absolute atomic E-state index is 12.2. The lowest BCUT2D eigenvalue weighted by atomic mass is 9.99. The van der Waals surface area contributed by atoms with Gasteiger partial charge in [-0.25, -0.2) is 9.59 Å². The lowest BCUT2D eigenvalue weighted by Gasteiger charge is -2.20. The van der Waals surface area contributed by atoms with Crippen LogP contribution in [-0.2, 0) is 14.4 Å². The van der Waals surface area contributed by atoms with Gasteiger partial charge in [0.1, 0.15) is 0 Å². The predicted molar refractivity (Wildman–Crippen MR) is 104 cm³/mol. The Labute approximate surface area is 167 Å². The van der Waals surface area contributed by atoms with Crippen LogP contribution in [0.1, 0.15) is 17.2 Å². The summed E-state index contributed by atoms with van der Waals surface area (Å²) in [6, 6.07) is 19.3. The average molecular weight is 404 g/mol. The molecule has 0 aromatic heterocycles. The van der Waals surface area contributed by atoms with Gasteiger partial charge in [-0.05, 0) is 11.1 Å². The van der Waals surface area contributed by atoms with E-state index in [0.29, 0.717) is 0 Å². The number of amides is 1. The number of rotatable bonds is 8. The van der Waals surface area contributed by atoms with E-state index in [0.717, 1.165) is 11.1 Å². The molecule has 0 radical (unpaired) electrons. The summed E-state index contributed by atoms with van der Waals surface area (Å²) in [6.45, 7) is -0.0796. The maximum atomic E-state index is 12.2. The van der Waals surface area contributed by atoms with Crippen molar-refractivity contribution in [3.63, 3.8) is 0 Å². The Balaban J connectivity index is 0.000000612. The first-order valence-corrected chi connectivity index (χ1v) is 8.70. The molecule has 1 atom stereocenters. The number of aliphatic carboxylic acids is 2. The molecule has 29 heavy (non-hydrogen) atoms. The highest BCUT2D eigenvalue weighted by molar-refractivity contribution is 6.27. The van der Waals surface area contributed by atoms with Crippen LogP contribution >= 0.6 is 0 Å². The first-order valence-electron chi connectivity index (χ1n) is 8.70. The number of hydrogen-bond donors (Lipinski definition) is 6. The Morgan fingerprint density at radius 2 is 1.28 bits per heavy atom. The number of benzene rings is 2. The molecule has 0 saturated heterocycles. The fraction of sp³-hybridized carbons (Fsp3) is 0.250. The number of nitrogens with one attached hydrogen (secondary N) is 2. The highest BCUT2D eigenvalue weighted by Gasteiger charge is 2.16. The monoisotopic (exact) mass is 404 g/mol. The second kappa shape index (κ2) is 13.0. The lowest BCUT2D eigenvalue weighted by molar-refractivity contribution is -0.159. The second-order valence-corrected chi connectivity index (χ2v) is 5.90. The normalized spacial score (nSPS) is 11.1. The van der Waals surface area contributed by atoms with E-state index in [2.05, 4.69) is 10.6 Å². The first-order chi connectivity index (χ1) is 13.8. The van der Waals surface area contributed by atoms with Crippen molar-refractivity contribution in [3.05, 3.63) is 71.8 Å². The van der Waals surface area contributed by atoms with E-state index < -0.39 is 18.0 Å². The van der Waals surface area contributed by atoms with E-state index in [9.17, 15) is 9.90 Å². The van der Waals surface area contributed by atoms with Crippen molar-refractivity contribution in [2.75, 3.05) is 19.7 Å². The first kappa shape index (κ1) is 23.8. The zero-order valence-electron chi connectivity index (χ0n) is 15.6. The molecule has 2 aromatic carbocycles. The van der Waals surface area contributed by atoms with E-state index in [1.54, 1.807) is 0 Å². The second-order valence-electron chi connectivity index (χ2n) is 5.90. The van der Waals surface area contributed by atoms with Crippen molar-refractivity contribution in [1.29, 1.82) is 0 Å². The summed E-state index contributed by atoms with van der Waals surface area (Å²) in [5.41, 5.74) is 2.00. The van der Waals surface area contributed by atoms with Gasteiger partial charge in [0.25, 0.3) is 0 Å². The van der Waals surface area contributed by atoms with Crippen molar-refractivity contribution in [3.8, 4) is 0 Å². The Morgan fingerprint density at radius 3 is 1.66 bits per heavy atom. The minimum absolute atomic E-state index is 0.0766. The fourth-order valence-electron chi connectivity index (χ4n) is 2.28.